The highest BCUT2D eigenvalue weighted by molar-refractivity contribution is 5.51. The van der Waals surface area contributed by atoms with Crippen LogP contribution >= 0.6 is 0 Å². The minimum Gasteiger partial charge on any atom is -1.00 e. The smallest absolute Gasteiger partial charge is 0.191 e. The maximum atomic E-state index is 4.51. The molecule has 0 radical (unpaired) electrons. The van der Waals surface area contributed by atoms with E-state index in [0.717, 1.165) is 12.8 Å². The average Bonchev–Trinajstić information content (AvgIpc) is 2.88. The van der Waals surface area contributed by atoms with Crippen molar-refractivity contribution in [2.75, 3.05) is 0 Å². The minimum atomic E-state index is 0. The van der Waals surface area contributed by atoms with E-state index in [4.69, 9.17) is 0 Å². The monoisotopic (exact) mass is 284 g/mol. The predicted octanol–water partition coefficient (Wildman–Crippen LogP) is -0.707. The summed E-state index contributed by atoms with van der Waals surface area (Å²) >= 11 is 0. The lowest BCUT2D eigenvalue weighted by molar-refractivity contribution is -0.472. The Bertz CT molecular complexity index is 603. The molecule has 2 nitrogen and oxygen atoms in total. The van der Waals surface area contributed by atoms with Gasteiger partial charge in [0.15, 0.2) is 6.34 Å². The quantitative estimate of drug-likeness (QED) is 0.769. The van der Waals surface area contributed by atoms with Gasteiger partial charge in [-0.3, -0.25) is 5.32 Å². The fraction of sp³-hybridized carbons (Fsp3) is 0.118. The summed E-state index contributed by atoms with van der Waals surface area (Å²) in [6.07, 6.45) is 3.79. The fourth-order valence-corrected chi connectivity index (χ4v) is 2.32. The summed E-state index contributed by atoms with van der Waals surface area (Å²) in [5.41, 5.74) is 5.17. The third kappa shape index (κ3) is 3.56. The summed E-state index contributed by atoms with van der Waals surface area (Å²) in [5.74, 6) is 0. The molecule has 0 bridgehead atoms. The van der Waals surface area contributed by atoms with Gasteiger partial charge in [0.1, 0.15) is 11.4 Å². The molecule has 0 fully saturated rings. The third-order valence-corrected chi connectivity index (χ3v) is 3.33. The molecule has 3 heteroatoms. The van der Waals surface area contributed by atoms with E-state index in [-0.39, 0.29) is 12.4 Å². The lowest BCUT2D eigenvalue weighted by Gasteiger charge is -2.03. The SMILES string of the molecule is C1=NC(Cc2ccccc2)=C(Cc2ccccc2)[NH2+]1.[Cl-]. The van der Waals surface area contributed by atoms with Gasteiger partial charge in [0.05, 0.1) is 0 Å². The highest BCUT2D eigenvalue weighted by Crippen LogP contribution is 2.15. The zero-order valence-corrected chi connectivity index (χ0v) is 11.9. The lowest BCUT2D eigenvalue weighted by Crippen LogP contribution is -3.00. The Hall–Kier alpha value is -1.90. The van der Waals surface area contributed by atoms with Crippen molar-refractivity contribution < 1.29 is 17.7 Å². The van der Waals surface area contributed by atoms with Crippen LogP contribution in [0.4, 0.5) is 0 Å². The van der Waals surface area contributed by atoms with Crippen LogP contribution in [-0.4, -0.2) is 6.34 Å². The summed E-state index contributed by atoms with van der Waals surface area (Å²) in [6.45, 7) is 0. The number of rotatable bonds is 4. The van der Waals surface area contributed by atoms with Crippen molar-refractivity contribution in [3.05, 3.63) is 83.2 Å². The van der Waals surface area contributed by atoms with Crippen LogP contribution in [0.1, 0.15) is 11.1 Å². The van der Waals surface area contributed by atoms with Gasteiger partial charge in [0.25, 0.3) is 0 Å². The molecule has 2 aromatic carbocycles. The largest absolute Gasteiger partial charge is 1.00 e. The molecule has 1 heterocycles. The first-order chi connectivity index (χ1) is 9.42. The molecule has 1 aliphatic rings. The maximum Gasteiger partial charge on any atom is 0.191 e. The molecular weight excluding hydrogens is 268 g/mol. The highest BCUT2D eigenvalue weighted by atomic mass is 35.5. The van der Waals surface area contributed by atoms with Gasteiger partial charge >= 0.3 is 0 Å². The summed E-state index contributed by atoms with van der Waals surface area (Å²) in [7, 11) is 0. The van der Waals surface area contributed by atoms with Crippen molar-refractivity contribution in [2.24, 2.45) is 4.99 Å². The molecule has 102 valence electrons. The molecule has 1 aliphatic heterocycles. The van der Waals surface area contributed by atoms with E-state index in [1.165, 1.54) is 22.5 Å². The molecular formula is C17H17ClN2. The first-order valence-electron chi connectivity index (χ1n) is 6.59. The number of nitrogens with two attached hydrogens (primary N) is 1. The van der Waals surface area contributed by atoms with E-state index in [0.29, 0.717) is 0 Å². The Morgan fingerprint density at radius 1 is 0.750 bits per heavy atom. The van der Waals surface area contributed by atoms with Crippen molar-refractivity contribution in [1.82, 2.24) is 0 Å². The molecule has 0 aromatic heterocycles. The summed E-state index contributed by atoms with van der Waals surface area (Å²) in [6, 6.07) is 21.1. The number of aliphatic imine (C=N–C) groups is 1. The summed E-state index contributed by atoms with van der Waals surface area (Å²) in [5, 5.41) is 2.13. The van der Waals surface area contributed by atoms with Gasteiger partial charge in [-0.15, -0.1) is 0 Å². The maximum absolute atomic E-state index is 4.51. The molecule has 20 heavy (non-hydrogen) atoms. The van der Waals surface area contributed by atoms with Crippen molar-refractivity contribution in [3.63, 3.8) is 0 Å². The van der Waals surface area contributed by atoms with E-state index >= 15 is 0 Å². The minimum absolute atomic E-state index is 0. The topological polar surface area (TPSA) is 29.0 Å². The van der Waals surface area contributed by atoms with E-state index < -0.39 is 0 Å². The van der Waals surface area contributed by atoms with Crippen molar-refractivity contribution in [3.8, 4) is 0 Å². The number of allylic oxidation sites excluding steroid dienone is 2. The van der Waals surface area contributed by atoms with E-state index in [9.17, 15) is 0 Å². The molecule has 0 saturated heterocycles. The van der Waals surface area contributed by atoms with Crippen LogP contribution in [0.15, 0.2) is 77.1 Å². The zero-order chi connectivity index (χ0) is 12.9. The number of hydrogen-bond acceptors (Lipinski definition) is 1. The van der Waals surface area contributed by atoms with Crippen molar-refractivity contribution >= 4 is 6.34 Å². The van der Waals surface area contributed by atoms with Crippen molar-refractivity contribution in [2.45, 2.75) is 12.8 Å². The average molecular weight is 285 g/mol. The van der Waals surface area contributed by atoms with E-state index in [1.807, 2.05) is 12.4 Å². The first kappa shape index (κ1) is 14.5. The first-order valence-corrected chi connectivity index (χ1v) is 6.59. The lowest BCUT2D eigenvalue weighted by atomic mass is 10.0. The molecule has 2 N–H and O–H groups in total. The van der Waals surface area contributed by atoms with Gasteiger partial charge in [0.2, 0.25) is 0 Å². The molecule has 0 amide bonds. The van der Waals surface area contributed by atoms with Gasteiger partial charge in [-0.1, -0.05) is 60.7 Å². The molecule has 0 atom stereocenters. The number of benzene rings is 2. The van der Waals surface area contributed by atoms with Crippen LogP contribution < -0.4 is 17.7 Å². The van der Waals surface area contributed by atoms with E-state index in [2.05, 4.69) is 64.9 Å². The second-order valence-corrected chi connectivity index (χ2v) is 4.74. The van der Waals surface area contributed by atoms with Crippen LogP contribution in [-0.2, 0) is 12.8 Å². The molecule has 0 spiro atoms. The number of quaternary nitrogens is 1. The molecule has 2 aromatic rings. The molecule has 0 aliphatic carbocycles. The van der Waals surface area contributed by atoms with Gasteiger partial charge in [0, 0.05) is 12.8 Å². The number of hydrogen-bond donors (Lipinski definition) is 1. The normalized spacial score (nSPS) is 13.4. The van der Waals surface area contributed by atoms with Crippen LogP contribution in [0.2, 0.25) is 0 Å². The Morgan fingerprint density at radius 2 is 1.30 bits per heavy atom. The Balaban J connectivity index is 0.00000147. The van der Waals surface area contributed by atoms with Crippen LogP contribution in [0, 0.1) is 0 Å². The Morgan fingerprint density at radius 3 is 1.90 bits per heavy atom. The molecule has 0 saturated carbocycles. The molecule has 0 unspecified atom stereocenters. The van der Waals surface area contributed by atoms with Crippen LogP contribution in [0.25, 0.3) is 0 Å². The zero-order valence-electron chi connectivity index (χ0n) is 11.2. The van der Waals surface area contributed by atoms with Crippen LogP contribution in [0.3, 0.4) is 0 Å². The number of nitrogens with zero attached hydrogens (tertiary/aromatic N) is 1. The standard InChI is InChI=1S/C17H16N2.ClH/c1-3-7-14(8-4-1)11-16-17(19-13-18-16)12-15-9-5-2-6-10-15;/h1-10,13H,11-12H2,(H,18,19);1H. The fourth-order valence-electron chi connectivity index (χ4n) is 2.32. The molecule has 3 rings (SSSR count). The van der Waals surface area contributed by atoms with Crippen molar-refractivity contribution in [1.29, 1.82) is 0 Å². The van der Waals surface area contributed by atoms with Gasteiger partial charge in [-0.2, -0.15) is 0 Å². The Labute approximate surface area is 125 Å². The summed E-state index contributed by atoms with van der Waals surface area (Å²) in [4.78, 5) is 4.51. The second-order valence-electron chi connectivity index (χ2n) is 4.74. The Kier molecular flexibility index (Phi) is 5.10. The van der Waals surface area contributed by atoms with E-state index in [1.54, 1.807) is 0 Å². The third-order valence-electron chi connectivity index (χ3n) is 3.33. The second kappa shape index (κ2) is 7.04. The summed E-state index contributed by atoms with van der Waals surface area (Å²) < 4.78 is 0. The van der Waals surface area contributed by atoms with Gasteiger partial charge in [-0.25, -0.2) is 4.99 Å². The highest BCUT2D eigenvalue weighted by Gasteiger charge is 2.16. The van der Waals surface area contributed by atoms with Gasteiger partial charge in [-0.05, 0) is 11.1 Å². The van der Waals surface area contributed by atoms with Gasteiger partial charge < -0.3 is 12.4 Å². The number of halogens is 1. The van der Waals surface area contributed by atoms with Crippen LogP contribution in [0.5, 0.6) is 0 Å². The predicted molar refractivity (Wildman–Crippen MR) is 77.7 cm³/mol.